The summed E-state index contributed by atoms with van der Waals surface area (Å²) in [6.07, 6.45) is 4.06. The molecule has 2 rings (SSSR count). The molecule has 1 saturated carbocycles. The highest BCUT2D eigenvalue weighted by Gasteiger charge is 2.21. The smallest absolute Gasteiger partial charge is 0.487 e. The number of benzene rings is 1. The van der Waals surface area contributed by atoms with Gasteiger partial charge >= 0.3 is 7.12 Å². The predicted molar refractivity (Wildman–Crippen MR) is 68.3 cm³/mol. The Balaban J connectivity index is 2.06. The maximum Gasteiger partial charge on any atom is 0.488 e. The first kappa shape index (κ1) is 13.4. The number of hydrogen-bond donors (Lipinski definition) is 2. The highest BCUT2D eigenvalue weighted by Crippen LogP contribution is 2.27. The van der Waals surface area contributed by atoms with Crippen LogP contribution in [0.1, 0.15) is 32.6 Å². The number of rotatable bonds is 3. The lowest BCUT2D eigenvalue weighted by Crippen LogP contribution is -2.30. The van der Waals surface area contributed by atoms with Gasteiger partial charge in [0.25, 0.3) is 0 Å². The van der Waals surface area contributed by atoms with Crippen LogP contribution in [0.5, 0.6) is 5.75 Å². The Morgan fingerprint density at radius 2 is 1.89 bits per heavy atom. The summed E-state index contributed by atoms with van der Waals surface area (Å²) in [5, 5.41) is 18.1. The van der Waals surface area contributed by atoms with Crippen molar-refractivity contribution in [2.45, 2.75) is 38.7 Å². The quantitative estimate of drug-likeness (QED) is 0.801. The summed E-state index contributed by atoms with van der Waals surface area (Å²) in [5.74, 6) is 0.360. The van der Waals surface area contributed by atoms with Crippen LogP contribution in [0.4, 0.5) is 4.39 Å². The minimum Gasteiger partial charge on any atom is -0.487 e. The Morgan fingerprint density at radius 1 is 1.22 bits per heavy atom. The van der Waals surface area contributed by atoms with Gasteiger partial charge in [0.15, 0.2) is 11.6 Å². The lowest BCUT2D eigenvalue weighted by Gasteiger charge is -2.27. The van der Waals surface area contributed by atoms with Gasteiger partial charge < -0.3 is 14.8 Å². The molecule has 0 aromatic heterocycles. The van der Waals surface area contributed by atoms with E-state index in [1.165, 1.54) is 18.2 Å². The molecule has 0 heterocycles. The van der Waals surface area contributed by atoms with Crippen LogP contribution in [0.2, 0.25) is 0 Å². The lowest BCUT2D eigenvalue weighted by atomic mass is 9.80. The van der Waals surface area contributed by atoms with E-state index in [0.717, 1.165) is 25.7 Å². The zero-order chi connectivity index (χ0) is 13.1. The van der Waals surface area contributed by atoms with Gasteiger partial charge in [0.1, 0.15) is 0 Å². The highest BCUT2D eigenvalue weighted by atomic mass is 19.1. The second kappa shape index (κ2) is 5.72. The molecule has 1 aromatic carbocycles. The fourth-order valence-corrected chi connectivity index (χ4v) is 2.30. The fourth-order valence-electron chi connectivity index (χ4n) is 2.30. The van der Waals surface area contributed by atoms with Gasteiger partial charge in [-0.05, 0) is 49.2 Å². The molecule has 2 N–H and O–H groups in total. The third kappa shape index (κ3) is 3.24. The molecule has 0 amide bonds. The molecular weight excluding hydrogens is 234 g/mol. The fraction of sp³-hybridized carbons (Fsp3) is 0.538. The average molecular weight is 252 g/mol. The van der Waals surface area contributed by atoms with Gasteiger partial charge in [-0.25, -0.2) is 4.39 Å². The van der Waals surface area contributed by atoms with Crippen LogP contribution < -0.4 is 10.2 Å². The molecule has 18 heavy (non-hydrogen) atoms. The van der Waals surface area contributed by atoms with Gasteiger partial charge in [-0.15, -0.1) is 0 Å². The highest BCUT2D eigenvalue weighted by molar-refractivity contribution is 6.58. The van der Waals surface area contributed by atoms with E-state index >= 15 is 0 Å². The lowest BCUT2D eigenvalue weighted by molar-refractivity contribution is 0.130. The Morgan fingerprint density at radius 3 is 2.50 bits per heavy atom. The van der Waals surface area contributed by atoms with Gasteiger partial charge in [0.2, 0.25) is 0 Å². The molecule has 0 atom stereocenters. The minimum absolute atomic E-state index is 0.0294. The van der Waals surface area contributed by atoms with Crippen LogP contribution in [0, 0.1) is 11.7 Å². The predicted octanol–water partition coefficient (Wildman–Crippen LogP) is 1.46. The van der Waals surface area contributed by atoms with Crippen LogP contribution in [0.3, 0.4) is 0 Å². The van der Waals surface area contributed by atoms with Crippen molar-refractivity contribution in [3.05, 3.63) is 24.0 Å². The number of ether oxygens (including phenoxy) is 1. The molecule has 0 bridgehead atoms. The van der Waals surface area contributed by atoms with Crippen LogP contribution in [0.25, 0.3) is 0 Å². The molecule has 5 heteroatoms. The summed E-state index contributed by atoms with van der Waals surface area (Å²) in [6.45, 7) is 2.21. The molecule has 1 aromatic rings. The average Bonchev–Trinajstić information content (AvgIpc) is 2.34. The summed E-state index contributed by atoms with van der Waals surface area (Å²) in [4.78, 5) is 0. The first-order chi connectivity index (χ1) is 8.56. The summed E-state index contributed by atoms with van der Waals surface area (Å²) in [5.41, 5.74) is 0.246. The topological polar surface area (TPSA) is 49.7 Å². The number of halogens is 1. The van der Waals surface area contributed by atoms with E-state index in [-0.39, 0.29) is 17.3 Å². The van der Waals surface area contributed by atoms with E-state index in [1.807, 2.05) is 0 Å². The normalized spacial score (nSPS) is 23.8. The summed E-state index contributed by atoms with van der Waals surface area (Å²) >= 11 is 0. The second-order valence-electron chi connectivity index (χ2n) is 5.06. The van der Waals surface area contributed by atoms with Crippen LogP contribution >= 0.6 is 0 Å². The molecule has 3 nitrogen and oxygen atoms in total. The molecule has 1 fully saturated rings. The standard InChI is InChI=1S/C13H18BFO3/c1-9-2-5-11(6-3-9)18-13-8-10(14(16)17)4-7-12(13)15/h4,7-9,11,16-17H,2-3,5-6H2,1H3. The summed E-state index contributed by atoms with van der Waals surface area (Å²) < 4.78 is 19.2. The third-order valence-electron chi connectivity index (χ3n) is 3.51. The SMILES string of the molecule is CC1CCC(Oc2cc(B(O)O)ccc2F)CC1. The maximum atomic E-state index is 13.6. The van der Waals surface area contributed by atoms with Crippen molar-refractivity contribution in [3.63, 3.8) is 0 Å². The second-order valence-corrected chi connectivity index (χ2v) is 5.06. The molecule has 1 aliphatic rings. The zero-order valence-corrected chi connectivity index (χ0v) is 10.5. The molecule has 0 radical (unpaired) electrons. The van der Waals surface area contributed by atoms with Crippen molar-refractivity contribution in [1.29, 1.82) is 0 Å². The zero-order valence-electron chi connectivity index (χ0n) is 10.5. The monoisotopic (exact) mass is 252 g/mol. The Kier molecular flexibility index (Phi) is 4.25. The largest absolute Gasteiger partial charge is 0.488 e. The first-order valence-electron chi connectivity index (χ1n) is 6.38. The van der Waals surface area contributed by atoms with Crippen molar-refractivity contribution in [2.24, 2.45) is 5.92 Å². The molecular formula is C13H18BFO3. The van der Waals surface area contributed by atoms with Crippen molar-refractivity contribution in [1.82, 2.24) is 0 Å². The van der Waals surface area contributed by atoms with Gasteiger partial charge in [0.05, 0.1) is 6.10 Å². The Hall–Kier alpha value is -1.07. The van der Waals surface area contributed by atoms with Gasteiger partial charge in [-0.1, -0.05) is 13.0 Å². The molecule has 98 valence electrons. The van der Waals surface area contributed by atoms with Crippen molar-refractivity contribution < 1.29 is 19.2 Å². The van der Waals surface area contributed by atoms with E-state index in [0.29, 0.717) is 5.92 Å². The molecule has 0 aliphatic heterocycles. The number of hydrogen-bond acceptors (Lipinski definition) is 3. The van der Waals surface area contributed by atoms with E-state index < -0.39 is 12.9 Å². The van der Waals surface area contributed by atoms with Gasteiger partial charge in [-0.3, -0.25) is 0 Å². The van der Waals surface area contributed by atoms with Crippen LogP contribution in [-0.4, -0.2) is 23.3 Å². The van der Waals surface area contributed by atoms with Crippen molar-refractivity contribution in [3.8, 4) is 5.75 Å². The molecule has 1 aliphatic carbocycles. The first-order valence-corrected chi connectivity index (χ1v) is 6.38. The van der Waals surface area contributed by atoms with E-state index in [9.17, 15) is 4.39 Å². The maximum absolute atomic E-state index is 13.6. The van der Waals surface area contributed by atoms with E-state index in [2.05, 4.69) is 6.92 Å². The van der Waals surface area contributed by atoms with Crippen molar-refractivity contribution >= 4 is 12.6 Å². The van der Waals surface area contributed by atoms with Gasteiger partial charge in [-0.2, -0.15) is 0 Å². The van der Waals surface area contributed by atoms with E-state index in [1.54, 1.807) is 0 Å². The van der Waals surface area contributed by atoms with Crippen LogP contribution in [0.15, 0.2) is 18.2 Å². The third-order valence-corrected chi connectivity index (χ3v) is 3.51. The van der Waals surface area contributed by atoms with E-state index in [4.69, 9.17) is 14.8 Å². The summed E-state index contributed by atoms with van der Waals surface area (Å²) in [7, 11) is -1.60. The minimum atomic E-state index is -1.60. The van der Waals surface area contributed by atoms with Gasteiger partial charge in [0, 0.05) is 0 Å². The molecule has 0 unspecified atom stereocenters. The van der Waals surface area contributed by atoms with Crippen molar-refractivity contribution in [2.75, 3.05) is 0 Å². The molecule has 0 saturated heterocycles. The molecule has 0 spiro atoms. The van der Waals surface area contributed by atoms with Crippen LogP contribution in [-0.2, 0) is 0 Å². The Labute approximate surface area is 107 Å². The summed E-state index contributed by atoms with van der Waals surface area (Å²) in [6, 6.07) is 3.91. The Bertz CT molecular complexity index is 403.